The van der Waals surface area contributed by atoms with Crippen molar-refractivity contribution in [1.29, 1.82) is 0 Å². The topological polar surface area (TPSA) is 104 Å². The fourth-order valence-corrected chi connectivity index (χ4v) is 3.01. The molecule has 33 heavy (non-hydrogen) atoms. The number of aromatic nitrogens is 1. The molecule has 0 spiro atoms. The third-order valence-electron chi connectivity index (χ3n) is 4.82. The van der Waals surface area contributed by atoms with Crippen LogP contribution in [0.25, 0.3) is 0 Å². The number of urea groups is 1. The SMILES string of the molecule is CN(C)CCN(Cc1ccc(C(=O)Nc2ccccc2N)nc1)C(=O)Nc1cccc(F)c1. The number of halogens is 1. The molecule has 0 unspecified atom stereocenters. The number of pyridine rings is 1. The molecule has 9 heteroatoms. The fraction of sp³-hybridized carbons (Fsp3) is 0.208. The fourth-order valence-electron chi connectivity index (χ4n) is 3.01. The number of anilines is 3. The summed E-state index contributed by atoms with van der Waals surface area (Å²) >= 11 is 0. The zero-order valence-corrected chi connectivity index (χ0v) is 18.6. The molecule has 8 nitrogen and oxygen atoms in total. The van der Waals surface area contributed by atoms with Crippen LogP contribution in [0, 0.1) is 5.82 Å². The van der Waals surface area contributed by atoms with Crippen molar-refractivity contribution in [2.45, 2.75) is 6.54 Å². The van der Waals surface area contributed by atoms with Crippen molar-refractivity contribution in [2.75, 3.05) is 43.6 Å². The smallest absolute Gasteiger partial charge is 0.322 e. The molecule has 0 aliphatic rings. The molecule has 3 amide bonds. The summed E-state index contributed by atoms with van der Waals surface area (Å²) in [5.41, 5.74) is 8.19. The molecule has 3 aromatic rings. The maximum absolute atomic E-state index is 13.5. The van der Waals surface area contributed by atoms with Gasteiger partial charge in [0.05, 0.1) is 11.4 Å². The van der Waals surface area contributed by atoms with Gasteiger partial charge in [-0.2, -0.15) is 0 Å². The van der Waals surface area contributed by atoms with Gasteiger partial charge in [-0.25, -0.2) is 9.18 Å². The highest BCUT2D eigenvalue weighted by molar-refractivity contribution is 6.04. The molecule has 0 aliphatic carbocycles. The van der Waals surface area contributed by atoms with E-state index < -0.39 is 5.82 Å². The van der Waals surface area contributed by atoms with Gasteiger partial charge in [-0.3, -0.25) is 9.78 Å². The standard InChI is InChI=1S/C24H27FN6O2/c1-30(2)12-13-31(24(33)28-19-7-5-6-18(25)14-19)16-17-10-11-22(27-15-17)23(32)29-21-9-4-3-8-20(21)26/h3-11,14-15H,12-13,16,26H2,1-2H3,(H,28,33)(H,29,32). The summed E-state index contributed by atoms with van der Waals surface area (Å²) < 4.78 is 13.5. The summed E-state index contributed by atoms with van der Waals surface area (Å²) in [6.45, 7) is 1.36. The van der Waals surface area contributed by atoms with Crippen LogP contribution >= 0.6 is 0 Å². The van der Waals surface area contributed by atoms with E-state index >= 15 is 0 Å². The Morgan fingerprint density at radius 3 is 2.45 bits per heavy atom. The number of likely N-dealkylation sites (N-methyl/N-ethyl adjacent to an activating group) is 1. The number of carbonyl (C=O) groups excluding carboxylic acids is 2. The lowest BCUT2D eigenvalue weighted by Gasteiger charge is -2.25. The molecule has 0 radical (unpaired) electrons. The van der Waals surface area contributed by atoms with Gasteiger partial charge in [0.2, 0.25) is 0 Å². The van der Waals surface area contributed by atoms with Crippen molar-refractivity contribution >= 4 is 29.0 Å². The largest absolute Gasteiger partial charge is 0.397 e. The van der Waals surface area contributed by atoms with Crippen molar-refractivity contribution in [1.82, 2.24) is 14.8 Å². The van der Waals surface area contributed by atoms with Gasteiger partial charge in [-0.05, 0) is 56.1 Å². The van der Waals surface area contributed by atoms with Gasteiger partial charge in [0.1, 0.15) is 11.5 Å². The van der Waals surface area contributed by atoms with Crippen LogP contribution in [0.1, 0.15) is 16.1 Å². The molecule has 4 N–H and O–H groups in total. The Kier molecular flexibility index (Phi) is 7.93. The normalized spacial score (nSPS) is 10.7. The van der Waals surface area contributed by atoms with Crippen molar-refractivity contribution < 1.29 is 14.0 Å². The molecule has 0 fully saturated rings. The highest BCUT2D eigenvalue weighted by atomic mass is 19.1. The predicted octanol–water partition coefficient (Wildman–Crippen LogP) is 3.65. The number of benzene rings is 2. The molecular weight excluding hydrogens is 423 g/mol. The van der Waals surface area contributed by atoms with E-state index in [2.05, 4.69) is 15.6 Å². The van der Waals surface area contributed by atoms with Crippen LogP contribution in [-0.2, 0) is 6.54 Å². The summed E-state index contributed by atoms with van der Waals surface area (Å²) in [6.07, 6.45) is 1.56. The molecule has 1 heterocycles. The zero-order chi connectivity index (χ0) is 23.8. The van der Waals surface area contributed by atoms with E-state index in [1.54, 1.807) is 53.6 Å². The minimum absolute atomic E-state index is 0.228. The number of amides is 3. The van der Waals surface area contributed by atoms with Crippen LogP contribution in [0.5, 0.6) is 0 Å². The highest BCUT2D eigenvalue weighted by Crippen LogP contribution is 2.18. The van der Waals surface area contributed by atoms with E-state index in [1.807, 2.05) is 19.0 Å². The predicted molar refractivity (Wildman–Crippen MR) is 127 cm³/mol. The number of hydrogen-bond acceptors (Lipinski definition) is 5. The number of rotatable bonds is 8. The van der Waals surface area contributed by atoms with Gasteiger partial charge in [0, 0.05) is 31.5 Å². The summed E-state index contributed by atoms with van der Waals surface area (Å²) in [5, 5.41) is 5.45. The van der Waals surface area contributed by atoms with E-state index in [-0.39, 0.29) is 24.2 Å². The van der Waals surface area contributed by atoms with Crippen molar-refractivity contribution in [3.05, 3.63) is 83.9 Å². The Balaban J connectivity index is 1.68. The first kappa shape index (κ1) is 23.7. The number of nitrogens with one attached hydrogen (secondary N) is 2. The van der Waals surface area contributed by atoms with Crippen LogP contribution in [0.15, 0.2) is 66.9 Å². The molecule has 0 atom stereocenters. The van der Waals surface area contributed by atoms with Crippen LogP contribution in [0.2, 0.25) is 0 Å². The lowest BCUT2D eigenvalue weighted by atomic mass is 10.2. The van der Waals surface area contributed by atoms with Gasteiger partial charge in [-0.1, -0.05) is 24.3 Å². The molecule has 0 saturated heterocycles. The van der Waals surface area contributed by atoms with Crippen LogP contribution in [-0.4, -0.2) is 53.9 Å². The molecule has 0 bridgehead atoms. The van der Waals surface area contributed by atoms with Crippen LogP contribution < -0.4 is 16.4 Å². The van der Waals surface area contributed by atoms with Crippen LogP contribution in [0.3, 0.4) is 0 Å². The Morgan fingerprint density at radius 2 is 1.79 bits per heavy atom. The third-order valence-corrected chi connectivity index (χ3v) is 4.82. The van der Waals surface area contributed by atoms with Crippen molar-refractivity contribution in [3.63, 3.8) is 0 Å². The molecular formula is C24H27FN6O2. The molecule has 0 saturated carbocycles. The Bertz CT molecular complexity index is 1100. The molecule has 172 valence electrons. The lowest BCUT2D eigenvalue weighted by molar-refractivity contribution is 0.102. The van der Waals surface area contributed by atoms with E-state index in [0.29, 0.717) is 30.2 Å². The minimum Gasteiger partial charge on any atom is -0.397 e. The second-order valence-corrected chi connectivity index (χ2v) is 7.76. The molecule has 0 aliphatic heterocycles. The Morgan fingerprint density at radius 1 is 1.00 bits per heavy atom. The zero-order valence-electron chi connectivity index (χ0n) is 18.6. The minimum atomic E-state index is -0.428. The number of nitrogens with two attached hydrogens (primary N) is 1. The quantitative estimate of drug-likeness (QED) is 0.455. The molecule has 1 aromatic heterocycles. The molecule has 2 aromatic carbocycles. The summed E-state index contributed by atoms with van der Waals surface area (Å²) in [4.78, 5) is 33.1. The van der Waals surface area contributed by atoms with Gasteiger partial charge in [0.15, 0.2) is 0 Å². The van der Waals surface area contributed by atoms with Gasteiger partial charge < -0.3 is 26.2 Å². The number of nitrogen functional groups attached to an aromatic ring is 1. The van der Waals surface area contributed by atoms with E-state index in [0.717, 1.165) is 5.56 Å². The first-order chi connectivity index (χ1) is 15.8. The van der Waals surface area contributed by atoms with Crippen molar-refractivity contribution in [2.24, 2.45) is 0 Å². The third kappa shape index (κ3) is 7.01. The maximum Gasteiger partial charge on any atom is 0.322 e. The van der Waals surface area contributed by atoms with Crippen molar-refractivity contribution in [3.8, 4) is 0 Å². The summed E-state index contributed by atoms with van der Waals surface area (Å²) in [5.74, 6) is -0.810. The maximum atomic E-state index is 13.5. The summed E-state index contributed by atoms with van der Waals surface area (Å²) in [7, 11) is 3.83. The second kappa shape index (κ2) is 11.1. The second-order valence-electron chi connectivity index (χ2n) is 7.76. The average molecular weight is 451 g/mol. The van der Waals surface area contributed by atoms with Gasteiger partial charge in [-0.15, -0.1) is 0 Å². The first-order valence-electron chi connectivity index (χ1n) is 10.4. The van der Waals surface area contributed by atoms with E-state index in [9.17, 15) is 14.0 Å². The lowest BCUT2D eigenvalue weighted by Crippen LogP contribution is -2.39. The monoisotopic (exact) mass is 450 g/mol. The number of carbonyl (C=O) groups is 2. The van der Waals surface area contributed by atoms with Crippen LogP contribution in [0.4, 0.5) is 26.2 Å². The average Bonchev–Trinajstić information content (AvgIpc) is 2.78. The van der Waals surface area contributed by atoms with E-state index in [4.69, 9.17) is 5.73 Å². The first-order valence-corrected chi connectivity index (χ1v) is 10.4. The number of para-hydroxylation sites is 2. The summed E-state index contributed by atoms with van der Waals surface area (Å²) in [6, 6.07) is 15.7. The Hall–Kier alpha value is -3.98. The van der Waals surface area contributed by atoms with Gasteiger partial charge in [0.25, 0.3) is 5.91 Å². The Labute approximate surface area is 192 Å². The highest BCUT2D eigenvalue weighted by Gasteiger charge is 2.16. The molecule has 3 rings (SSSR count). The number of nitrogens with zero attached hydrogens (tertiary/aromatic N) is 3. The van der Waals surface area contributed by atoms with Gasteiger partial charge >= 0.3 is 6.03 Å². The number of hydrogen-bond donors (Lipinski definition) is 3. The van der Waals surface area contributed by atoms with E-state index in [1.165, 1.54) is 18.2 Å².